The largest absolute Gasteiger partial charge is 0.478 e. The summed E-state index contributed by atoms with van der Waals surface area (Å²) in [6.45, 7) is 4.26. The molecule has 0 unspecified atom stereocenters. The molecule has 8 nitrogen and oxygen atoms in total. The molecule has 3 aromatic heterocycles. The quantitative estimate of drug-likeness (QED) is 0.748. The number of piperidine rings is 1. The standard InChI is InChI=1S/C17H21N7O/c1-11-7-12(9-19-15(11)23-5-3-2-4-6-23)8-13-10-20-16-14(18)21-17(25)22-24(13)16/h7,9-10H,2-6,8H2,1H3,(H3,18,21,22,25). The molecule has 0 amide bonds. The molecular weight excluding hydrogens is 318 g/mol. The van der Waals surface area contributed by atoms with Gasteiger partial charge in [-0.15, -0.1) is 5.10 Å². The lowest BCUT2D eigenvalue weighted by Gasteiger charge is -2.29. The van der Waals surface area contributed by atoms with Crippen LogP contribution in [-0.4, -0.2) is 42.8 Å². The van der Waals surface area contributed by atoms with Crippen LogP contribution in [-0.2, 0) is 6.42 Å². The zero-order valence-corrected chi connectivity index (χ0v) is 14.2. The normalized spacial score (nSPS) is 15.0. The van der Waals surface area contributed by atoms with Crippen molar-refractivity contribution in [3.8, 4) is 6.01 Å². The zero-order chi connectivity index (χ0) is 17.4. The monoisotopic (exact) mass is 339 g/mol. The third-order valence-electron chi connectivity index (χ3n) is 4.60. The molecule has 25 heavy (non-hydrogen) atoms. The van der Waals surface area contributed by atoms with E-state index in [0.717, 1.165) is 30.2 Å². The van der Waals surface area contributed by atoms with Crippen LogP contribution in [0.25, 0.3) is 5.65 Å². The number of hydrogen-bond donors (Lipinski definition) is 2. The molecule has 1 saturated heterocycles. The molecule has 0 atom stereocenters. The summed E-state index contributed by atoms with van der Waals surface area (Å²) in [6.07, 6.45) is 7.98. The van der Waals surface area contributed by atoms with E-state index >= 15 is 0 Å². The molecule has 0 saturated carbocycles. The van der Waals surface area contributed by atoms with Crippen LogP contribution in [0.15, 0.2) is 18.5 Å². The van der Waals surface area contributed by atoms with E-state index in [1.54, 1.807) is 6.20 Å². The highest BCUT2D eigenvalue weighted by Crippen LogP contribution is 2.23. The Morgan fingerprint density at radius 1 is 1.16 bits per heavy atom. The van der Waals surface area contributed by atoms with Crippen molar-refractivity contribution >= 4 is 17.3 Å². The maximum Gasteiger partial charge on any atom is 0.333 e. The van der Waals surface area contributed by atoms with E-state index in [2.05, 4.69) is 37.9 Å². The van der Waals surface area contributed by atoms with E-state index in [0.29, 0.717) is 12.1 Å². The fourth-order valence-corrected chi connectivity index (χ4v) is 3.43. The number of nitrogens with two attached hydrogens (primary N) is 1. The number of pyridine rings is 1. The lowest BCUT2D eigenvalue weighted by Crippen LogP contribution is -2.30. The van der Waals surface area contributed by atoms with Crippen LogP contribution in [0.1, 0.15) is 36.1 Å². The average Bonchev–Trinajstić information content (AvgIpc) is 2.99. The van der Waals surface area contributed by atoms with E-state index in [1.165, 1.54) is 29.3 Å². The Balaban J connectivity index is 1.62. The molecule has 130 valence electrons. The molecule has 3 N–H and O–H groups in total. The Bertz CT molecular complexity index is 915. The van der Waals surface area contributed by atoms with Gasteiger partial charge in [0.15, 0.2) is 11.5 Å². The van der Waals surface area contributed by atoms with Gasteiger partial charge in [0.1, 0.15) is 5.82 Å². The van der Waals surface area contributed by atoms with Crippen LogP contribution < -0.4 is 10.6 Å². The summed E-state index contributed by atoms with van der Waals surface area (Å²) in [6, 6.07) is 1.79. The first-order chi connectivity index (χ1) is 12.1. The maximum absolute atomic E-state index is 9.58. The van der Waals surface area contributed by atoms with Gasteiger partial charge in [0.25, 0.3) is 0 Å². The molecule has 4 rings (SSSR count). The topological polar surface area (TPSA) is 105 Å². The number of nitrogens with zero attached hydrogens (tertiary/aromatic N) is 6. The number of nitrogen functional groups attached to an aromatic ring is 1. The van der Waals surface area contributed by atoms with E-state index < -0.39 is 0 Å². The Morgan fingerprint density at radius 2 is 1.96 bits per heavy atom. The highest BCUT2D eigenvalue weighted by molar-refractivity contribution is 5.59. The molecule has 0 aliphatic carbocycles. The SMILES string of the molecule is Cc1cc(Cc2cnc3c(N)nc(O)nn23)cnc1N1CCCCC1. The van der Waals surface area contributed by atoms with Gasteiger partial charge in [0.05, 0.1) is 11.9 Å². The molecule has 3 aromatic rings. The van der Waals surface area contributed by atoms with E-state index in [4.69, 9.17) is 5.73 Å². The average molecular weight is 339 g/mol. The molecule has 1 fully saturated rings. The molecule has 0 radical (unpaired) electrons. The van der Waals surface area contributed by atoms with Crippen molar-refractivity contribution in [2.24, 2.45) is 0 Å². The van der Waals surface area contributed by atoms with Crippen molar-refractivity contribution < 1.29 is 5.11 Å². The third kappa shape index (κ3) is 2.95. The highest BCUT2D eigenvalue weighted by Gasteiger charge is 2.16. The molecule has 0 spiro atoms. The summed E-state index contributed by atoms with van der Waals surface area (Å²) in [7, 11) is 0. The number of imidazole rings is 1. The Hall–Kier alpha value is -2.90. The Labute approximate surface area is 145 Å². The summed E-state index contributed by atoms with van der Waals surface area (Å²) < 4.78 is 1.53. The summed E-state index contributed by atoms with van der Waals surface area (Å²) in [5, 5.41) is 13.6. The second-order valence-electron chi connectivity index (χ2n) is 6.49. The molecule has 8 heteroatoms. The number of aromatic hydroxyl groups is 1. The number of fused-ring (bicyclic) bond motifs is 1. The van der Waals surface area contributed by atoms with Crippen molar-refractivity contribution in [3.05, 3.63) is 35.3 Å². The molecule has 1 aliphatic heterocycles. The number of hydrogen-bond acceptors (Lipinski definition) is 7. The van der Waals surface area contributed by atoms with Crippen LogP contribution >= 0.6 is 0 Å². The van der Waals surface area contributed by atoms with Gasteiger partial charge in [-0.2, -0.15) is 4.98 Å². The van der Waals surface area contributed by atoms with Crippen LogP contribution in [0.4, 0.5) is 11.6 Å². The van der Waals surface area contributed by atoms with Gasteiger partial charge >= 0.3 is 6.01 Å². The predicted molar refractivity (Wildman–Crippen MR) is 94.7 cm³/mol. The van der Waals surface area contributed by atoms with Crippen LogP contribution in [0.5, 0.6) is 6.01 Å². The van der Waals surface area contributed by atoms with Gasteiger partial charge in [-0.3, -0.25) is 0 Å². The summed E-state index contributed by atoms with van der Waals surface area (Å²) >= 11 is 0. The van der Waals surface area contributed by atoms with Gasteiger partial charge in [0, 0.05) is 25.7 Å². The highest BCUT2D eigenvalue weighted by atomic mass is 16.3. The fourth-order valence-electron chi connectivity index (χ4n) is 3.43. The first-order valence-electron chi connectivity index (χ1n) is 8.51. The minimum atomic E-state index is -0.362. The van der Waals surface area contributed by atoms with E-state index in [1.807, 2.05) is 6.20 Å². The van der Waals surface area contributed by atoms with E-state index in [-0.39, 0.29) is 11.8 Å². The Morgan fingerprint density at radius 3 is 2.72 bits per heavy atom. The van der Waals surface area contributed by atoms with E-state index in [9.17, 15) is 5.11 Å². The molecule has 4 heterocycles. The maximum atomic E-state index is 9.58. The lowest BCUT2D eigenvalue weighted by molar-refractivity contribution is 0.419. The molecule has 0 bridgehead atoms. The van der Waals surface area contributed by atoms with Gasteiger partial charge in [0.2, 0.25) is 0 Å². The fraction of sp³-hybridized carbons (Fsp3) is 0.412. The van der Waals surface area contributed by atoms with Crippen molar-refractivity contribution in [3.63, 3.8) is 0 Å². The van der Waals surface area contributed by atoms with Crippen molar-refractivity contribution in [2.75, 3.05) is 23.7 Å². The number of anilines is 2. The van der Waals surface area contributed by atoms with Crippen LogP contribution in [0.2, 0.25) is 0 Å². The molecule has 0 aromatic carbocycles. The first kappa shape index (κ1) is 15.6. The Kier molecular flexibility index (Phi) is 3.87. The van der Waals surface area contributed by atoms with Crippen LogP contribution in [0, 0.1) is 6.92 Å². The third-order valence-corrected chi connectivity index (χ3v) is 4.60. The van der Waals surface area contributed by atoms with Crippen molar-refractivity contribution in [1.82, 2.24) is 24.6 Å². The number of aryl methyl sites for hydroxylation is 1. The van der Waals surface area contributed by atoms with Gasteiger partial charge in [-0.25, -0.2) is 14.5 Å². The smallest absolute Gasteiger partial charge is 0.333 e. The molecule has 1 aliphatic rings. The minimum absolute atomic E-state index is 0.161. The summed E-state index contributed by atoms with van der Waals surface area (Å²) in [5.41, 5.74) is 9.29. The summed E-state index contributed by atoms with van der Waals surface area (Å²) in [5.74, 6) is 1.24. The number of rotatable bonds is 3. The van der Waals surface area contributed by atoms with Gasteiger partial charge in [-0.05, 0) is 37.3 Å². The van der Waals surface area contributed by atoms with Crippen LogP contribution in [0.3, 0.4) is 0 Å². The lowest BCUT2D eigenvalue weighted by atomic mass is 10.1. The second-order valence-corrected chi connectivity index (χ2v) is 6.49. The molecular formula is C17H21N7O. The zero-order valence-electron chi connectivity index (χ0n) is 14.2. The minimum Gasteiger partial charge on any atom is -0.478 e. The predicted octanol–water partition coefficient (Wildman–Crippen LogP) is 1.70. The summed E-state index contributed by atoms with van der Waals surface area (Å²) in [4.78, 5) is 15.0. The van der Waals surface area contributed by atoms with Gasteiger partial charge in [-0.1, -0.05) is 6.07 Å². The van der Waals surface area contributed by atoms with Crippen molar-refractivity contribution in [1.29, 1.82) is 0 Å². The van der Waals surface area contributed by atoms with Gasteiger partial charge < -0.3 is 15.7 Å². The van der Waals surface area contributed by atoms with Crippen molar-refractivity contribution in [2.45, 2.75) is 32.6 Å². The number of aromatic nitrogens is 5. The second kappa shape index (κ2) is 6.19. The first-order valence-corrected chi connectivity index (χ1v) is 8.51.